The summed E-state index contributed by atoms with van der Waals surface area (Å²) in [5.41, 5.74) is -0.390. The van der Waals surface area contributed by atoms with Crippen LogP contribution in [0.15, 0.2) is 45.6 Å². The van der Waals surface area contributed by atoms with Gasteiger partial charge in [-0.25, -0.2) is 4.79 Å². The van der Waals surface area contributed by atoms with Crippen LogP contribution < -0.4 is 14.9 Å². The number of aromatic hydroxyl groups is 2. The maximum atomic E-state index is 12.6. The normalized spacial score (nSPS) is 24.7. The molecule has 180 valence electrons. The van der Waals surface area contributed by atoms with Crippen LogP contribution in [-0.2, 0) is 9.53 Å². The second-order valence-electron chi connectivity index (χ2n) is 7.52. The van der Waals surface area contributed by atoms with Crippen LogP contribution in [-0.4, -0.2) is 74.4 Å². The molecular formula is C22H20O12. The van der Waals surface area contributed by atoms with E-state index in [1.165, 1.54) is 25.3 Å². The van der Waals surface area contributed by atoms with Crippen molar-refractivity contribution in [2.24, 2.45) is 0 Å². The Morgan fingerprint density at radius 3 is 2.38 bits per heavy atom. The number of carbonyl (C=O) groups excluding carboxylic acids is 1. The van der Waals surface area contributed by atoms with Crippen LogP contribution in [0, 0.1) is 0 Å². The van der Waals surface area contributed by atoms with E-state index in [1.807, 2.05) is 0 Å². The van der Waals surface area contributed by atoms with Gasteiger partial charge >= 0.3 is 5.97 Å². The number of hydrogen-bond acceptors (Lipinski definition) is 12. The number of benzene rings is 2. The van der Waals surface area contributed by atoms with Crippen molar-refractivity contribution in [1.29, 1.82) is 0 Å². The molecule has 4 rings (SSSR count). The van der Waals surface area contributed by atoms with Crippen molar-refractivity contribution in [3.8, 4) is 34.3 Å². The van der Waals surface area contributed by atoms with E-state index in [0.717, 1.165) is 18.2 Å². The van der Waals surface area contributed by atoms with Gasteiger partial charge in [-0.15, -0.1) is 0 Å². The van der Waals surface area contributed by atoms with Gasteiger partial charge in [0.25, 0.3) is 0 Å². The molecular weight excluding hydrogens is 456 g/mol. The maximum Gasteiger partial charge on any atom is 0.343 e. The Kier molecular flexibility index (Phi) is 6.17. The Bertz CT molecular complexity index is 1300. The lowest BCUT2D eigenvalue weighted by Crippen LogP contribution is -2.60. The highest BCUT2D eigenvalue weighted by molar-refractivity contribution is 5.87. The molecule has 3 aromatic rings. The highest BCUT2D eigenvalue weighted by atomic mass is 16.7. The van der Waals surface area contributed by atoms with Crippen molar-refractivity contribution < 1.29 is 54.1 Å². The van der Waals surface area contributed by atoms with E-state index < -0.39 is 47.9 Å². The van der Waals surface area contributed by atoms with E-state index in [0.29, 0.717) is 5.56 Å². The van der Waals surface area contributed by atoms with Crippen molar-refractivity contribution in [2.75, 3.05) is 7.11 Å². The van der Waals surface area contributed by atoms with E-state index in [2.05, 4.69) is 0 Å². The number of fused-ring (bicyclic) bond motifs is 1. The quantitative estimate of drug-likeness (QED) is 0.211. The molecule has 1 fully saturated rings. The van der Waals surface area contributed by atoms with Crippen LogP contribution in [0.1, 0.15) is 0 Å². The third-order valence-electron chi connectivity index (χ3n) is 5.29. The molecule has 2 aromatic carbocycles. The number of carbonyl (C=O) groups is 1. The Labute approximate surface area is 190 Å². The van der Waals surface area contributed by atoms with Crippen LogP contribution >= 0.6 is 0 Å². The zero-order valence-electron chi connectivity index (χ0n) is 17.5. The lowest BCUT2D eigenvalue weighted by Gasteiger charge is -2.36. The molecule has 12 heteroatoms. The molecule has 2 heterocycles. The molecule has 0 saturated carbocycles. The molecule has 12 nitrogen and oxygen atoms in total. The molecule has 0 radical (unpaired) electrons. The molecule has 1 saturated heterocycles. The highest BCUT2D eigenvalue weighted by Crippen LogP contribution is 2.35. The number of hydrogen-bond donors (Lipinski definition) is 6. The standard InChI is InChI=1S/C22H20O12/c1-31-14-4-8(2-3-10(14)23)13-7-12(25)16-11(24)5-9(6-15(16)33-13)32-22(30)20-18(27)17(26)19(28)21(29)34-20/h2-7,17-21,23-24,26-29H,1H3/t17-,18-,19+,20-,21+/m0/s1. The fourth-order valence-corrected chi connectivity index (χ4v) is 3.51. The maximum absolute atomic E-state index is 12.6. The Morgan fingerprint density at radius 2 is 1.68 bits per heavy atom. The molecule has 1 aliphatic rings. The van der Waals surface area contributed by atoms with Crippen molar-refractivity contribution in [3.63, 3.8) is 0 Å². The summed E-state index contributed by atoms with van der Waals surface area (Å²) in [4.78, 5) is 25.1. The second-order valence-corrected chi connectivity index (χ2v) is 7.52. The first-order valence-corrected chi connectivity index (χ1v) is 9.88. The van der Waals surface area contributed by atoms with Crippen LogP contribution in [0.2, 0.25) is 0 Å². The van der Waals surface area contributed by atoms with E-state index in [1.54, 1.807) is 0 Å². The number of ether oxygens (including phenoxy) is 3. The van der Waals surface area contributed by atoms with Crippen molar-refractivity contribution >= 4 is 16.9 Å². The number of phenolic OH excluding ortho intramolecular Hbond substituents is 2. The summed E-state index contributed by atoms with van der Waals surface area (Å²) in [5.74, 6) is -2.06. The SMILES string of the molecule is COc1cc(-c2cc(=O)c3c(O)cc(OC(=O)[C@H]4O[C@@H](O)[C@H](O)[C@@H](O)[C@@H]4O)cc3o2)ccc1O. The lowest BCUT2D eigenvalue weighted by molar-refractivity contribution is -0.279. The Morgan fingerprint density at radius 1 is 0.941 bits per heavy atom. The zero-order valence-corrected chi connectivity index (χ0v) is 17.5. The van der Waals surface area contributed by atoms with Crippen LogP contribution in [0.4, 0.5) is 0 Å². The molecule has 34 heavy (non-hydrogen) atoms. The number of aliphatic hydroxyl groups excluding tert-OH is 4. The predicted molar refractivity (Wildman–Crippen MR) is 112 cm³/mol. The van der Waals surface area contributed by atoms with Gasteiger partial charge in [0.05, 0.1) is 7.11 Å². The van der Waals surface area contributed by atoms with E-state index in [-0.39, 0.29) is 34.0 Å². The first kappa shape index (κ1) is 23.5. The number of esters is 1. The Balaban J connectivity index is 1.69. The van der Waals surface area contributed by atoms with E-state index in [9.17, 15) is 40.2 Å². The number of aliphatic hydroxyl groups is 4. The fourth-order valence-electron chi connectivity index (χ4n) is 3.51. The third-order valence-corrected chi connectivity index (χ3v) is 5.29. The summed E-state index contributed by atoms with van der Waals surface area (Å²) in [5, 5.41) is 58.7. The largest absolute Gasteiger partial charge is 0.507 e. The van der Waals surface area contributed by atoms with Gasteiger partial charge in [0.15, 0.2) is 29.3 Å². The van der Waals surface area contributed by atoms with Gasteiger partial charge in [0.1, 0.15) is 46.5 Å². The summed E-state index contributed by atoms with van der Waals surface area (Å²) in [6, 6.07) is 7.45. The van der Waals surface area contributed by atoms with Crippen LogP contribution in [0.5, 0.6) is 23.0 Å². The third kappa shape index (κ3) is 4.16. The second kappa shape index (κ2) is 8.93. The summed E-state index contributed by atoms with van der Waals surface area (Å²) in [6.45, 7) is 0. The molecule has 6 N–H and O–H groups in total. The van der Waals surface area contributed by atoms with Crippen LogP contribution in [0.25, 0.3) is 22.3 Å². The molecule has 1 aliphatic heterocycles. The number of phenols is 2. The molecule has 0 spiro atoms. The number of rotatable bonds is 4. The van der Waals surface area contributed by atoms with E-state index in [4.69, 9.17) is 18.6 Å². The number of methoxy groups -OCH3 is 1. The van der Waals surface area contributed by atoms with Gasteiger partial charge in [-0.3, -0.25) is 4.79 Å². The first-order chi connectivity index (χ1) is 16.1. The lowest BCUT2D eigenvalue weighted by atomic mass is 9.99. The molecule has 0 aliphatic carbocycles. The molecule has 0 amide bonds. The minimum atomic E-state index is -1.95. The highest BCUT2D eigenvalue weighted by Gasteiger charge is 2.47. The average Bonchev–Trinajstić information content (AvgIpc) is 2.79. The average molecular weight is 476 g/mol. The summed E-state index contributed by atoms with van der Waals surface area (Å²) >= 11 is 0. The molecule has 0 unspecified atom stereocenters. The monoisotopic (exact) mass is 476 g/mol. The van der Waals surface area contributed by atoms with Gasteiger partial charge in [0.2, 0.25) is 0 Å². The van der Waals surface area contributed by atoms with Crippen LogP contribution in [0.3, 0.4) is 0 Å². The van der Waals surface area contributed by atoms with Gasteiger partial charge < -0.3 is 49.3 Å². The van der Waals surface area contributed by atoms with Gasteiger partial charge in [-0.05, 0) is 18.2 Å². The van der Waals surface area contributed by atoms with Gasteiger partial charge in [-0.2, -0.15) is 0 Å². The summed E-state index contributed by atoms with van der Waals surface area (Å²) in [7, 11) is 1.35. The first-order valence-electron chi connectivity index (χ1n) is 9.88. The summed E-state index contributed by atoms with van der Waals surface area (Å²) in [6.07, 6.45) is -9.43. The molecule has 0 bridgehead atoms. The van der Waals surface area contributed by atoms with Crippen molar-refractivity contribution in [1.82, 2.24) is 0 Å². The van der Waals surface area contributed by atoms with Gasteiger partial charge in [0, 0.05) is 23.8 Å². The molecule has 1 aromatic heterocycles. The summed E-state index contributed by atoms with van der Waals surface area (Å²) < 4.78 is 20.6. The topological polar surface area (TPSA) is 196 Å². The predicted octanol–water partition coefficient (Wildman–Crippen LogP) is -0.415. The van der Waals surface area contributed by atoms with Gasteiger partial charge in [-0.1, -0.05) is 0 Å². The smallest absolute Gasteiger partial charge is 0.343 e. The van der Waals surface area contributed by atoms with Crippen molar-refractivity contribution in [2.45, 2.75) is 30.7 Å². The Hall–Kier alpha value is -3.68. The molecule has 5 atom stereocenters. The minimum absolute atomic E-state index is 0.0601. The zero-order chi connectivity index (χ0) is 24.7. The van der Waals surface area contributed by atoms with Crippen molar-refractivity contribution in [3.05, 3.63) is 46.6 Å². The van der Waals surface area contributed by atoms with E-state index >= 15 is 0 Å². The minimum Gasteiger partial charge on any atom is -0.507 e. The fraction of sp³-hybridized carbons (Fsp3) is 0.273.